The average Bonchev–Trinajstić information content (AvgIpc) is 2.65. The van der Waals surface area contributed by atoms with E-state index in [9.17, 15) is 4.79 Å². The van der Waals surface area contributed by atoms with Crippen LogP contribution in [-0.4, -0.2) is 34.8 Å². The van der Waals surface area contributed by atoms with Crippen LogP contribution >= 0.6 is 15.9 Å². The molecule has 0 radical (unpaired) electrons. The number of nitrogens with one attached hydrogen (secondary N) is 1. The predicted molar refractivity (Wildman–Crippen MR) is 97.8 cm³/mol. The number of carbonyl (C=O) groups is 1. The van der Waals surface area contributed by atoms with Gasteiger partial charge in [-0.1, -0.05) is 22.0 Å². The van der Waals surface area contributed by atoms with E-state index in [0.29, 0.717) is 29.4 Å². The summed E-state index contributed by atoms with van der Waals surface area (Å²) in [6.45, 7) is 0. The topological polar surface area (TPSA) is 66.0 Å². The highest BCUT2D eigenvalue weighted by Gasteiger charge is 2.21. The maximum absolute atomic E-state index is 11.2. The third kappa shape index (κ3) is 3.99. The van der Waals surface area contributed by atoms with Gasteiger partial charge in [0.05, 0.1) is 34.5 Å². The molecule has 0 fully saturated rings. The lowest BCUT2D eigenvalue weighted by Crippen LogP contribution is -2.21. The molecule has 0 aromatic heterocycles. The second kappa shape index (κ2) is 8.62. The van der Waals surface area contributed by atoms with Gasteiger partial charge in [-0.2, -0.15) is 0 Å². The highest BCUT2D eigenvalue weighted by molar-refractivity contribution is 9.10. The molecule has 0 heterocycles. The number of halogens is 1. The van der Waals surface area contributed by atoms with Gasteiger partial charge in [-0.05, 0) is 35.4 Å². The Bertz CT molecular complexity index is 750. The SMILES string of the molecule is COc1ccc([C@H](NC=O)c2cc(OC)c(OC)cc2Br)cc1OC. The summed E-state index contributed by atoms with van der Waals surface area (Å²) >= 11 is 3.54. The lowest BCUT2D eigenvalue weighted by atomic mass is 9.98. The van der Waals surface area contributed by atoms with E-state index in [2.05, 4.69) is 21.2 Å². The minimum Gasteiger partial charge on any atom is -0.493 e. The quantitative estimate of drug-likeness (QED) is 0.677. The molecule has 0 saturated carbocycles. The molecule has 6 nitrogen and oxygen atoms in total. The van der Waals surface area contributed by atoms with Crippen LogP contribution in [0.25, 0.3) is 0 Å². The fraction of sp³-hybridized carbons (Fsp3) is 0.278. The van der Waals surface area contributed by atoms with Gasteiger partial charge in [0.2, 0.25) is 6.41 Å². The smallest absolute Gasteiger partial charge is 0.207 e. The fourth-order valence-electron chi connectivity index (χ4n) is 2.56. The Morgan fingerprint density at radius 3 is 2.00 bits per heavy atom. The van der Waals surface area contributed by atoms with E-state index in [-0.39, 0.29) is 0 Å². The first-order valence-corrected chi connectivity index (χ1v) is 8.21. The molecule has 134 valence electrons. The molecule has 0 aliphatic heterocycles. The van der Waals surface area contributed by atoms with Gasteiger partial charge in [0.15, 0.2) is 23.0 Å². The molecular formula is C18H20BrNO5. The number of hydrogen-bond donors (Lipinski definition) is 1. The molecule has 0 saturated heterocycles. The summed E-state index contributed by atoms with van der Waals surface area (Å²) in [6, 6.07) is 8.69. The Kier molecular flexibility index (Phi) is 6.52. The van der Waals surface area contributed by atoms with Crippen molar-refractivity contribution >= 4 is 22.3 Å². The molecule has 0 unspecified atom stereocenters. The zero-order valence-corrected chi connectivity index (χ0v) is 16.0. The van der Waals surface area contributed by atoms with Crippen LogP contribution in [0.1, 0.15) is 17.2 Å². The van der Waals surface area contributed by atoms with Crippen LogP contribution in [0.3, 0.4) is 0 Å². The summed E-state index contributed by atoms with van der Waals surface area (Å²) in [4.78, 5) is 11.2. The molecular weight excluding hydrogens is 390 g/mol. The van der Waals surface area contributed by atoms with Crippen molar-refractivity contribution in [2.45, 2.75) is 6.04 Å². The standard InChI is InChI=1S/C18H20BrNO5/c1-22-14-6-5-11(7-15(14)23-2)18(20-10-21)12-8-16(24-3)17(25-4)9-13(12)19/h5-10,18H,1-4H3,(H,20,21)/t18-/m0/s1. The molecule has 2 rings (SSSR count). The molecule has 2 aromatic rings. The summed E-state index contributed by atoms with van der Waals surface area (Å²) in [7, 11) is 6.27. The minimum absolute atomic E-state index is 0.411. The molecule has 1 N–H and O–H groups in total. The van der Waals surface area contributed by atoms with Gasteiger partial charge in [-0.25, -0.2) is 0 Å². The van der Waals surface area contributed by atoms with Gasteiger partial charge in [-0.3, -0.25) is 4.79 Å². The van der Waals surface area contributed by atoms with Gasteiger partial charge < -0.3 is 24.3 Å². The Morgan fingerprint density at radius 1 is 0.880 bits per heavy atom. The van der Waals surface area contributed by atoms with Crippen molar-refractivity contribution in [3.63, 3.8) is 0 Å². The lowest BCUT2D eigenvalue weighted by Gasteiger charge is -2.21. The highest BCUT2D eigenvalue weighted by atomic mass is 79.9. The van der Waals surface area contributed by atoms with E-state index < -0.39 is 6.04 Å². The van der Waals surface area contributed by atoms with Crippen molar-refractivity contribution in [1.82, 2.24) is 5.32 Å². The van der Waals surface area contributed by atoms with Gasteiger partial charge >= 0.3 is 0 Å². The molecule has 0 aliphatic rings. The first kappa shape index (κ1) is 18.9. The van der Waals surface area contributed by atoms with E-state index in [4.69, 9.17) is 18.9 Å². The van der Waals surface area contributed by atoms with Crippen molar-refractivity contribution in [3.05, 3.63) is 45.9 Å². The Morgan fingerprint density at radius 2 is 1.44 bits per heavy atom. The Labute approximate surface area is 155 Å². The fourth-order valence-corrected chi connectivity index (χ4v) is 3.11. The van der Waals surface area contributed by atoms with Crippen molar-refractivity contribution in [2.24, 2.45) is 0 Å². The molecule has 7 heteroatoms. The first-order valence-electron chi connectivity index (χ1n) is 7.42. The van der Waals surface area contributed by atoms with Gasteiger partial charge in [0.1, 0.15) is 0 Å². The molecule has 0 aliphatic carbocycles. The van der Waals surface area contributed by atoms with Crippen molar-refractivity contribution in [2.75, 3.05) is 28.4 Å². The zero-order valence-electron chi connectivity index (χ0n) is 14.5. The largest absolute Gasteiger partial charge is 0.493 e. The lowest BCUT2D eigenvalue weighted by molar-refractivity contribution is -0.110. The van der Waals surface area contributed by atoms with Crippen LogP contribution in [0.2, 0.25) is 0 Å². The zero-order chi connectivity index (χ0) is 18.4. The third-order valence-corrected chi connectivity index (χ3v) is 4.48. The van der Waals surface area contributed by atoms with Gasteiger partial charge in [0, 0.05) is 4.47 Å². The highest BCUT2D eigenvalue weighted by Crippen LogP contribution is 2.39. The number of benzene rings is 2. The van der Waals surface area contributed by atoms with Crippen LogP contribution in [0, 0.1) is 0 Å². The number of rotatable bonds is 8. The molecule has 0 spiro atoms. The normalized spacial score (nSPS) is 11.4. The van der Waals surface area contributed by atoms with E-state index in [1.54, 1.807) is 40.6 Å². The Balaban J connectivity index is 2.57. The van der Waals surface area contributed by atoms with Crippen LogP contribution in [0.5, 0.6) is 23.0 Å². The van der Waals surface area contributed by atoms with E-state index >= 15 is 0 Å². The molecule has 1 atom stereocenters. The van der Waals surface area contributed by atoms with Crippen LogP contribution in [0.4, 0.5) is 0 Å². The second-order valence-electron chi connectivity index (χ2n) is 5.06. The number of hydrogen-bond acceptors (Lipinski definition) is 5. The monoisotopic (exact) mass is 409 g/mol. The summed E-state index contributed by atoms with van der Waals surface area (Å²) in [6.07, 6.45) is 0.657. The maximum atomic E-state index is 11.2. The van der Waals surface area contributed by atoms with E-state index in [1.807, 2.05) is 18.2 Å². The number of amides is 1. The van der Waals surface area contributed by atoms with Crippen LogP contribution in [0.15, 0.2) is 34.8 Å². The van der Waals surface area contributed by atoms with Crippen LogP contribution in [-0.2, 0) is 4.79 Å². The average molecular weight is 410 g/mol. The van der Waals surface area contributed by atoms with E-state index in [0.717, 1.165) is 15.6 Å². The van der Waals surface area contributed by atoms with Gasteiger partial charge in [0.25, 0.3) is 0 Å². The van der Waals surface area contributed by atoms with Crippen LogP contribution < -0.4 is 24.3 Å². The second-order valence-corrected chi connectivity index (χ2v) is 5.91. The summed E-state index contributed by atoms with van der Waals surface area (Å²) in [5.41, 5.74) is 1.65. The number of methoxy groups -OCH3 is 4. The molecule has 1 amide bonds. The summed E-state index contributed by atoms with van der Waals surface area (Å²) in [5.74, 6) is 2.35. The van der Waals surface area contributed by atoms with Gasteiger partial charge in [-0.15, -0.1) is 0 Å². The number of ether oxygens (including phenoxy) is 4. The number of carbonyl (C=O) groups excluding carboxylic acids is 1. The first-order chi connectivity index (χ1) is 12.1. The van der Waals surface area contributed by atoms with Crippen molar-refractivity contribution in [1.29, 1.82) is 0 Å². The minimum atomic E-state index is -0.411. The van der Waals surface area contributed by atoms with Crippen molar-refractivity contribution < 1.29 is 23.7 Å². The molecule has 0 bridgehead atoms. The molecule has 2 aromatic carbocycles. The van der Waals surface area contributed by atoms with E-state index in [1.165, 1.54) is 0 Å². The maximum Gasteiger partial charge on any atom is 0.207 e. The van der Waals surface area contributed by atoms with Crippen molar-refractivity contribution in [3.8, 4) is 23.0 Å². The summed E-state index contributed by atoms with van der Waals surface area (Å²) < 4.78 is 22.1. The Hall–Kier alpha value is -2.41. The summed E-state index contributed by atoms with van der Waals surface area (Å²) in [5, 5.41) is 2.83. The molecule has 25 heavy (non-hydrogen) atoms. The predicted octanol–water partition coefficient (Wildman–Crippen LogP) is 3.32. The third-order valence-electron chi connectivity index (χ3n) is 3.79.